The van der Waals surface area contributed by atoms with Crippen molar-refractivity contribution in [2.24, 2.45) is 0 Å². The Balaban J connectivity index is 1.78. The first kappa shape index (κ1) is 14.8. The molecular formula is C16H14ClN3OS. The van der Waals surface area contributed by atoms with Gasteiger partial charge in [-0.2, -0.15) is 0 Å². The number of thiazole rings is 1. The van der Waals surface area contributed by atoms with Crippen molar-refractivity contribution in [2.45, 2.75) is 13.3 Å². The Bertz CT molecular complexity index is 831. The van der Waals surface area contributed by atoms with Crippen molar-refractivity contribution in [3.8, 4) is 0 Å². The van der Waals surface area contributed by atoms with Crippen LogP contribution in [0.1, 0.15) is 12.5 Å². The average Bonchev–Trinajstić information content (AvgIpc) is 2.91. The molecule has 2 amide bonds. The number of halogens is 1. The van der Waals surface area contributed by atoms with Crippen LogP contribution in [0, 0.1) is 0 Å². The van der Waals surface area contributed by atoms with Crippen LogP contribution >= 0.6 is 22.9 Å². The summed E-state index contributed by atoms with van der Waals surface area (Å²) in [6, 6.07) is 12.8. The highest BCUT2D eigenvalue weighted by Gasteiger charge is 2.10. The molecule has 6 heteroatoms. The van der Waals surface area contributed by atoms with E-state index in [2.05, 4.69) is 28.6 Å². The van der Waals surface area contributed by atoms with Crippen molar-refractivity contribution in [3.05, 3.63) is 53.1 Å². The van der Waals surface area contributed by atoms with E-state index in [1.54, 1.807) is 12.1 Å². The minimum atomic E-state index is -0.356. The molecule has 1 heterocycles. The quantitative estimate of drug-likeness (QED) is 0.696. The molecule has 0 fully saturated rings. The summed E-state index contributed by atoms with van der Waals surface area (Å²) in [7, 11) is 0. The van der Waals surface area contributed by atoms with Gasteiger partial charge in [-0.25, -0.2) is 9.78 Å². The smallest absolute Gasteiger partial charge is 0.306 e. The highest BCUT2D eigenvalue weighted by Crippen LogP contribution is 2.29. The number of nitrogens with zero attached hydrogens (tertiary/aromatic N) is 1. The van der Waals surface area contributed by atoms with Crippen molar-refractivity contribution in [2.75, 3.05) is 10.6 Å². The summed E-state index contributed by atoms with van der Waals surface area (Å²) in [6.07, 6.45) is 0.909. The molecule has 0 aliphatic carbocycles. The fourth-order valence-corrected chi connectivity index (χ4v) is 3.25. The number of urea groups is 1. The van der Waals surface area contributed by atoms with Gasteiger partial charge in [0, 0.05) is 0 Å². The minimum absolute atomic E-state index is 0.356. The number of aryl methyl sites for hydroxylation is 1. The van der Waals surface area contributed by atoms with Crippen LogP contribution in [0.25, 0.3) is 10.2 Å². The Morgan fingerprint density at radius 3 is 2.77 bits per heavy atom. The zero-order valence-corrected chi connectivity index (χ0v) is 13.5. The number of carbonyl (C=O) groups excluding carboxylic acids is 1. The number of rotatable bonds is 3. The first-order valence-electron chi connectivity index (χ1n) is 6.88. The largest absolute Gasteiger partial charge is 0.325 e. The van der Waals surface area contributed by atoms with Crippen LogP contribution in [0.2, 0.25) is 5.02 Å². The average molecular weight is 332 g/mol. The summed E-state index contributed by atoms with van der Waals surface area (Å²) >= 11 is 7.47. The van der Waals surface area contributed by atoms with Crippen LogP contribution in [0.4, 0.5) is 15.6 Å². The standard InChI is InChI=1S/C16H14ClN3OS/c1-2-10-6-5-9-13-14(10)19-16(22-13)20-15(21)18-12-8-4-3-7-11(12)17/h3-9H,2H2,1H3,(H2,18,19,20,21). The molecule has 4 nitrogen and oxygen atoms in total. The first-order chi connectivity index (χ1) is 10.7. The first-order valence-corrected chi connectivity index (χ1v) is 8.08. The van der Waals surface area contributed by atoms with Crippen LogP contribution < -0.4 is 10.6 Å². The Morgan fingerprint density at radius 2 is 2.00 bits per heavy atom. The molecule has 0 radical (unpaired) electrons. The van der Waals surface area contributed by atoms with E-state index >= 15 is 0 Å². The zero-order valence-electron chi connectivity index (χ0n) is 11.9. The van der Waals surface area contributed by atoms with Crippen molar-refractivity contribution in [3.63, 3.8) is 0 Å². The highest BCUT2D eigenvalue weighted by atomic mass is 35.5. The third-order valence-corrected chi connectivity index (χ3v) is 4.49. The molecule has 112 valence electrons. The molecule has 0 spiro atoms. The molecule has 2 aromatic carbocycles. The maximum Gasteiger partial charge on any atom is 0.325 e. The molecule has 0 aliphatic rings. The van der Waals surface area contributed by atoms with E-state index in [1.807, 2.05) is 24.3 Å². The molecule has 0 unspecified atom stereocenters. The zero-order chi connectivity index (χ0) is 15.5. The Morgan fingerprint density at radius 1 is 1.18 bits per heavy atom. The molecule has 3 aromatic rings. The molecule has 2 N–H and O–H groups in total. The predicted octanol–water partition coefficient (Wildman–Crippen LogP) is 5.16. The molecule has 0 saturated heterocycles. The summed E-state index contributed by atoms with van der Waals surface area (Å²) < 4.78 is 1.06. The van der Waals surface area contributed by atoms with Gasteiger partial charge < -0.3 is 5.32 Å². The van der Waals surface area contributed by atoms with Crippen LogP contribution in [-0.4, -0.2) is 11.0 Å². The number of anilines is 2. The second-order valence-electron chi connectivity index (χ2n) is 4.70. The van der Waals surface area contributed by atoms with Gasteiger partial charge in [0.05, 0.1) is 20.9 Å². The monoisotopic (exact) mass is 331 g/mol. The lowest BCUT2D eigenvalue weighted by atomic mass is 10.1. The molecule has 22 heavy (non-hydrogen) atoms. The number of carbonyl (C=O) groups is 1. The maximum absolute atomic E-state index is 12.1. The molecule has 1 aromatic heterocycles. The molecule has 0 atom stereocenters. The lowest BCUT2D eigenvalue weighted by Gasteiger charge is -2.06. The van der Waals surface area contributed by atoms with Crippen molar-refractivity contribution >= 4 is 50.0 Å². The lowest BCUT2D eigenvalue weighted by molar-refractivity contribution is 0.262. The van der Waals surface area contributed by atoms with E-state index in [0.29, 0.717) is 15.8 Å². The van der Waals surface area contributed by atoms with E-state index in [9.17, 15) is 4.79 Å². The van der Waals surface area contributed by atoms with Gasteiger partial charge in [0.2, 0.25) is 0 Å². The highest BCUT2D eigenvalue weighted by molar-refractivity contribution is 7.22. The van der Waals surface area contributed by atoms with Gasteiger partial charge in [-0.15, -0.1) is 0 Å². The van der Waals surface area contributed by atoms with Gasteiger partial charge in [0.15, 0.2) is 5.13 Å². The predicted molar refractivity (Wildman–Crippen MR) is 93.1 cm³/mol. The summed E-state index contributed by atoms with van der Waals surface area (Å²) in [4.78, 5) is 16.6. The third-order valence-electron chi connectivity index (χ3n) is 3.23. The van der Waals surface area contributed by atoms with E-state index < -0.39 is 0 Å². The number of amides is 2. The van der Waals surface area contributed by atoms with E-state index in [-0.39, 0.29) is 6.03 Å². The summed E-state index contributed by atoms with van der Waals surface area (Å²) in [6.45, 7) is 2.09. The number of hydrogen-bond acceptors (Lipinski definition) is 3. The van der Waals surface area contributed by atoms with Crippen LogP contribution in [0.3, 0.4) is 0 Å². The van der Waals surface area contributed by atoms with Gasteiger partial charge in [-0.1, -0.05) is 54.1 Å². The number of fused-ring (bicyclic) bond motifs is 1. The maximum atomic E-state index is 12.1. The second-order valence-corrected chi connectivity index (χ2v) is 6.13. The minimum Gasteiger partial charge on any atom is -0.306 e. The van der Waals surface area contributed by atoms with Gasteiger partial charge in [0.25, 0.3) is 0 Å². The topological polar surface area (TPSA) is 54.0 Å². The Labute approximate surface area is 137 Å². The Hall–Kier alpha value is -2.11. The SMILES string of the molecule is CCc1cccc2sc(NC(=O)Nc3ccccc3Cl)nc12. The molecule has 0 saturated carbocycles. The normalized spacial score (nSPS) is 10.6. The lowest BCUT2D eigenvalue weighted by Crippen LogP contribution is -2.19. The third kappa shape index (κ3) is 3.05. The number of hydrogen-bond donors (Lipinski definition) is 2. The molecule has 0 aliphatic heterocycles. The summed E-state index contributed by atoms with van der Waals surface area (Å²) in [5.74, 6) is 0. The molecular weight excluding hydrogens is 318 g/mol. The van der Waals surface area contributed by atoms with Gasteiger partial charge in [-0.05, 0) is 30.2 Å². The van der Waals surface area contributed by atoms with Gasteiger partial charge >= 0.3 is 6.03 Å². The number of benzene rings is 2. The van der Waals surface area contributed by atoms with Crippen LogP contribution in [-0.2, 0) is 6.42 Å². The fraction of sp³-hybridized carbons (Fsp3) is 0.125. The summed E-state index contributed by atoms with van der Waals surface area (Å²) in [5, 5.41) is 6.54. The van der Waals surface area contributed by atoms with Gasteiger partial charge in [0.1, 0.15) is 0 Å². The number of aromatic nitrogens is 1. The van der Waals surface area contributed by atoms with Crippen molar-refractivity contribution in [1.29, 1.82) is 0 Å². The molecule has 3 rings (SSSR count). The fourth-order valence-electron chi connectivity index (χ4n) is 2.16. The number of nitrogens with one attached hydrogen (secondary N) is 2. The van der Waals surface area contributed by atoms with E-state index in [4.69, 9.17) is 11.6 Å². The second kappa shape index (κ2) is 6.34. The van der Waals surface area contributed by atoms with Crippen molar-refractivity contribution < 1.29 is 4.79 Å². The van der Waals surface area contributed by atoms with Crippen LogP contribution in [0.5, 0.6) is 0 Å². The Kier molecular flexibility index (Phi) is 4.27. The summed E-state index contributed by atoms with van der Waals surface area (Å²) in [5.41, 5.74) is 2.69. The van der Waals surface area contributed by atoms with Crippen LogP contribution in [0.15, 0.2) is 42.5 Å². The van der Waals surface area contributed by atoms with E-state index in [0.717, 1.165) is 16.6 Å². The molecule has 0 bridgehead atoms. The number of para-hydroxylation sites is 2. The van der Waals surface area contributed by atoms with Gasteiger partial charge in [-0.3, -0.25) is 5.32 Å². The van der Waals surface area contributed by atoms with E-state index in [1.165, 1.54) is 16.9 Å². The van der Waals surface area contributed by atoms with Crippen molar-refractivity contribution in [1.82, 2.24) is 4.98 Å².